The lowest BCUT2D eigenvalue weighted by Gasteiger charge is -2.22. The zero-order chi connectivity index (χ0) is 10.5. The number of esters is 1. The molecule has 15 heavy (non-hydrogen) atoms. The van der Waals surface area contributed by atoms with Gasteiger partial charge in [0.05, 0.1) is 18.8 Å². The van der Waals surface area contributed by atoms with Gasteiger partial charge in [-0.05, 0) is 12.1 Å². The van der Waals surface area contributed by atoms with Gasteiger partial charge in [0.15, 0.2) is 0 Å². The van der Waals surface area contributed by atoms with Crippen molar-refractivity contribution in [3.8, 4) is 0 Å². The van der Waals surface area contributed by atoms with Gasteiger partial charge < -0.3 is 14.2 Å². The summed E-state index contributed by atoms with van der Waals surface area (Å²) in [5.74, 6) is -0.383. The number of rotatable bonds is 2. The van der Waals surface area contributed by atoms with Crippen LogP contribution >= 0.6 is 0 Å². The van der Waals surface area contributed by atoms with Crippen LogP contribution in [-0.4, -0.2) is 32.1 Å². The average Bonchev–Trinajstić information content (AvgIpc) is 2.31. The second kappa shape index (κ2) is 4.91. The van der Waals surface area contributed by atoms with Gasteiger partial charge in [-0.1, -0.05) is 18.2 Å². The standard InChI is InChI=1S/C11H12O4/c12-11(9-4-2-1-3-5-9)15-10-8-13-6-7-14-10/h1-5,10H,6-8H2. The Hall–Kier alpha value is -1.39. The molecule has 1 aliphatic heterocycles. The molecule has 2 rings (SSSR count). The summed E-state index contributed by atoms with van der Waals surface area (Å²) in [5.41, 5.74) is 0.520. The van der Waals surface area contributed by atoms with Crippen molar-refractivity contribution < 1.29 is 19.0 Å². The van der Waals surface area contributed by atoms with E-state index in [-0.39, 0.29) is 5.97 Å². The Kier molecular flexibility index (Phi) is 3.32. The molecule has 1 saturated heterocycles. The van der Waals surface area contributed by atoms with Gasteiger partial charge >= 0.3 is 5.97 Å². The molecule has 1 fully saturated rings. The summed E-state index contributed by atoms with van der Waals surface area (Å²) in [6.45, 7) is 1.32. The summed E-state index contributed by atoms with van der Waals surface area (Å²) in [6.07, 6.45) is -0.577. The fourth-order valence-electron chi connectivity index (χ4n) is 1.30. The monoisotopic (exact) mass is 208 g/mol. The van der Waals surface area contributed by atoms with Crippen molar-refractivity contribution in [3.63, 3.8) is 0 Å². The third-order valence-electron chi connectivity index (χ3n) is 2.03. The summed E-state index contributed by atoms with van der Waals surface area (Å²) >= 11 is 0. The van der Waals surface area contributed by atoms with Gasteiger partial charge in [-0.3, -0.25) is 0 Å². The van der Waals surface area contributed by atoms with Crippen LogP contribution < -0.4 is 0 Å². The fourth-order valence-corrected chi connectivity index (χ4v) is 1.30. The minimum Gasteiger partial charge on any atom is -0.430 e. The van der Waals surface area contributed by atoms with E-state index >= 15 is 0 Å². The first-order valence-corrected chi connectivity index (χ1v) is 4.81. The predicted molar refractivity (Wildman–Crippen MR) is 52.4 cm³/mol. The summed E-state index contributed by atoms with van der Waals surface area (Å²) in [4.78, 5) is 11.6. The van der Waals surface area contributed by atoms with Gasteiger partial charge in [-0.2, -0.15) is 0 Å². The Morgan fingerprint density at radius 2 is 2.07 bits per heavy atom. The molecule has 4 heteroatoms. The Labute approximate surface area is 87.8 Å². The van der Waals surface area contributed by atoms with Crippen molar-refractivity contribution in [2.75, 3.05) is 19.8 Å². The first kappa shape index (κ1) is 10.1. The van der Waals surface area contributed by atoms with Crippen molar-refractivity contribution in [1.82, 2.24) is 0 Å². The molecule has 1 aromatic rings. The molecule has 80 valence electrons. The Morgan fingerprint density at radius 3 is 2.73 bits per heavy atom. The molecule has 1 aromatic carbocycles. The number of hydrogen-bond donors (Lipinski definition) is 0. The van der Waals surface area contributed by atoms with E-state index in [9.17, 15) is 4.79 Å². The van der Waals surface area contributed by atoms with E-state index in [0.29, 0.717) is 25.4 Å². The van der Waals surface area contributed by atoms with Gasteiger partial charge in [0.25, 0.3) is 0 Å². The van der Waals surface area contributed by atoms with Crippen LogP contribution in [0.2, 0.25) is 0 Å². The van der Waals surface area contributed by atoms with Crippen LogP contribution in [0.25, 0.3) is 0 Å². The minimum absolute atomic E-state index is 0.304. The van der Waals surface area contributed by atoms with Crippen molar-refractivity contribution in [2.45, 2.75) is 6.29 Å². The van der Waals surface area contributed by atoms with Crippen LogP contribution in [0, 0.1) is 0 Å². The molecule has 1 aliphatic rings. The highest BCUT2D eigenvalue weighted by molar-refractivity contribution is 5.89. The molecule has 1 atom stereocenters. The third-order valence-corrected chi connectivity index (χ3v) is 2.03. The van der Waals surface area contributed by atoms with Gasteiger partial charge in [0.1, 0.15) is 6.61 Å². The molecule has 0 aromatic heterocycles. The first-order valence-electron chi connectivity index (χ1n) is 4.81. The maximum absolute atomic E-state index is 11.6. The van der Waals surface area contributed by atoms with E-state index in [2.05, 4.69) is 0 Å². The van der Waals surface area contributed by atoms with Crippen LogP contribution in [0.1, 0.15) is 10.4 Å². The lowest BCUT2D eigenvalue weighted by Crippen LogP contribution is -2.32. The summed E-state index contributed by atoms with van der Waals surface area (Å²) in [6, 6.07) is 8.82. The zero-order valence-corrected chi connectivity index (χ0v) is 8.22. The second-order valence-corrected chi connectivity index (χ2v) is 3.15. The van der Waals surface area contributed by atoms with Crippen molar-refractivity contribution in [2.24, 2.45) is 0 Å². The van der Waals surface area contributed by atoms with E-state index in [1.165, 1.54) is 0 Å². The lowest BCUT2D eigenvalue weighted by atomic mass is 10.2. The molecule has 0 amide bonds. The molecule has 0 N–H and O–H groups in total. The van der Waals surface area contributed by atoms with E-state index in [0.717, 1.165) is 0 Å². The van der Waals surface area contributed by atoms with Crippen molar-refractivity contribution >= 4 is 5.97 Å². The summed E-state index contributed by atoms with van der Waals surface area (Å²) in [7, 11) is 0. The molecule has 1 unspecified atom stereocenters. The molecule has 1 heterocycles. The highest BCUT2D eigenvalue weighted by atomic mass is 16.7. The Bertz CT molecular complexity index is 317. The predicted octanol–water partition coefficient (Wildman–Crippen LogP) is 1.22. The SMILES string of the molecule is O=C(OC1COCCO1)c1ccccc1. The number of hydrogen-bond acceptors (Lipinski definition) is 4. The number of carbonyl (C=O) groups is 1. The fraction of sp³-hybridized carbons (Fsp3) is 0.364. The van der Waals surface area contributed by atoms with Crippen molar-refractivity contribution in [1.29, 1.82) is 0 Å². The minimum atomic E-state index is -0.577. The normalized spacial score (nSPS) is 20.9. The molecule has 0 aliphatic carbocycles. The van der Waals surface area contributed by atoms with E-state index in [4.69, 9.17) is 14.2 Å². The van der Waals surface area contributed by atoms with Crippen molar-refractivity contribution in [3.05, 3.63) is 35.9 Å². The highest BCUT2D eigenvalue weighted by Gasteiger charge is 2.19. The van der Waals surface area contributed by atoms with Crippen LogP contribution in [0.15, 0.2) is 30.3 Å². The molecule has 0 saturated carbocycles. The molecule has 0 spiro atoms. The van der Waals surface area contributed by atoms with Gasteiger partial charge in [0, 0.05) is 0 Å². The second-order valence-electron chi connectivity index (χ2n) is 3.15. The maximum atomic E-state index is 11.6. The Morgan fingerprint density at radius 1 is 1.27 bits per heavy atom. The largest absolute Gasteiger partial charge is 0.430 e. The number of benzene rings is 1. The first-order chi connectivity index (χ1) is 7.36. The number of ether oxygens (including phenoxy) is 3. The molecular weight excluding hydrogens is 196 g/mol. The molecular formula is C11H12O4. The smallest absolute Gasteiger partial charge is 0.340 e. The van der Waals surface area contributed by atoms with Gasteiger partial charge in [-0.25, -0.2) is 4.79 Å². The molecule has 0 bridgehead atoms. The average molecular weight is 208 g/mol. The van der Waals surface area contributed by atoms with E-state index in [1.807, 2.05) is 6.07 Å². The molecule has 0 radical (unpaired) electrons. The zero-order valence-electron chi connectivity index (χ0n) is 8.22. The van der Waals surface area contributed by atoms with E-state index < -0.39 is 6.29 Å². The van der Waals surface area contributed by atoms with Crippen LogP contribution in [0.3, 0.4) is 0 Å². The van der Waals surface area contributed by atoms with Gasteiger partial charge in [-0.15, -0.1) is 0 Å². The summed E-state index contributed by atoms with van der Waals surface area (Å²) < 4.78 is 15.4. The van der Waals surface area contributed by atoms with E-state index in [1.54, 1.807) is 24.3 Å². The summed E-state index contributed by atoms with van der Waals surface area (Å²) in [5, 5.41) is 0. The topological polar surface area (TPSA) is 44.8 Å². The quantitative estimate of drug-likeness (QED) is 0.685. The third kappa shape index (κ3) is 2.78. The van der Waals surface area contributed by atoms with Crippen LogP contribution in [-0.2, 0) is 14.2 Å². The van der Waals surface area contributed by atoms with Crippen LogP contribution in [0.5, 0.6) is 0 Å². The highest BCUT2D eigenvalue weighted by Crippen LogP contribution is 2.07. The number of carbonyl (C=O) groups excluding carboxylic acids is 1. The van der Waals surface area contributed by atoms with Gasteiger partial charge in [0.2, 0.25) is 6.29 Å². The Balaban J connectivity index is 1.91. The van der Waals surface area contributed by atoms with Crippen LogP contribution in [0.4, 0.5) is 0 Å². The maximum Gasteiger partial charge on any atom is 0.340 e. The lowest BCUT2D eigenvalue weighted by molar-refractivity contribution is -0.186. The molecule has 4 nitrogen and oxygen atoms in total.